The predicted octanol–water partition coefficient (Wildman–Crippen LogP) is 2.11. The van der Waals surface area contributed by atoms with E-state index in [0.717, 1.165) is 22.7 Å². The molecule has 1 heterocycles. The smallest absolute Gasteiger partial charge is 0.201 e. The van der Waals surface area contributed by atoms with Gasteiger partial charge in [0.2, 0.25) is 5.95 Å². The number of rotatable bonds is 2. The van der Waals surface area contributed by atoms with Crippen LogP contribution in [0.15, 0.2) is 18.2 Å². The molecule has 2 aromatic rings. The number of H-pyrrole nitrogens is 1. The molecule has 4 heteroatoms. The third kappa shape index (κ3) is 1.52. The van der Waals surface area contributed by atoms with Crippen LogP contribution in [0.3, 0.4) is 0 Å². The molecule has 4 N–H and O–H groups in total. The van der Waals surface area contributed by atoms with Crippen LogP contribution in [-0.2, 0) is 0 Å². The van der Waals surface area contributed by atoms with Crippen LogP contribution in [0.25, 0.3) is 11.0 Å². The molecule has 4 nitrogen and oxygen atoms in total. The maximum absolute atomic E-state index is 5.70. The molecule has 1 aliphatic rings. The molecule has 0 spiro atoms. The van der Waals surface area contributed by atoms with Crippen LogP contribution in [0.5, 0.6) is 0 Å². The highest BCUT2D eigenvalue weighted by atomic mass is 15.1. The fourth-order valence-corrected chi connectivity index (χ4v) is 1.84. The number of nitrogen functional groups attached to an aromatic ring is 1. The van der Waals surface area contributed by atoms with Crippen molar-refractivity contribution in [2.45, 2.75) is 25.3 Å². The van der Waals surface area contributed by atoms with Gasteiger partial charge in [0.15, 0.2) is 0 Å². The summed E-state index contributed by atoms with van der Waals surface area (Å²) in [5.74, 6) is 0.861. The number of anilines is 2. The first-order valence-corrected chi connectivity index (χ1v) is 5.33. The largest absolute Gasteiger partial charge is 0.399 e. The summed E-state index contributed by atoms with van der Waals surface area (Å²) in [6.45, 7) is 0. The van der Waals surface area contributed by atoms with Crippen molar-refractivity contribution in [1.29, 1.82) is 0 Å². The molecule has 0 atom stereocenters. The number of imidazole rings is 1. The highest BCUT2D eigenvalue weighted by molar-refractivity contribution is 5.80. The summed E-state index contributed by atoms with van der Waals surface area (Å²) in [6, 6.07) is 6.32. The van der Waals surface area contributed by atoms with Gasteiger partial charge in [-0.2, -0.15) is 0 Å². The van der Waals surface area contributed by atoms with Crippen molar-refractivity contribution in [1.82, 2.24) is 9.97 Å². The Morgan fingerprint density at radius 1 is 1.40 bits per heavy atom. The zero-order valence-electron chi connectivity index (χ0n) is 8.46. The monoisotopic (exact) mass is 202 g/mol. The van der Waals surface area contributed by atoms with Gasteiger partial charge >= 0.3 is 0 Å². The van der Waals surface area contributed by atoms with Crippen molar-refractivity contribution in [3.05, 3.63) is 18.2 Å². The Morgan fingerprint density at radius 3 is 3.00 bits per heavy atom. The van der Waals surface area contributed by atoms with Crippen molar-refractivity contribution in [3.8, 4) is 0 Å². The van der Waals surface area contributed by atoms with Crippen molar-refractivity contribution < 1.29 is 0 Å². The molecule has 78 valence electrons. The number of aromatic nitrogens is 2. The highest BCUT2D eigenvalue weighted by Crippen LogP contribution is 2.23. The van der Waals surface area contributed by atoms with Gasteiger partial charge in [0.25, 0.3) is 0 Å². The SMILES string of the molecule is Nc1ccc2nc(NC3CCC3)[nH]c2c1. The third-order valence-electron chi connectivity index (χ3n) is 2.95. The fraction of sp³-hybridized carbons (Fsp3) is 0.364. The highest BCUT2D eigenvalue weighted by Gasteiger charge is 2.18. The molecule has 0 bridgehead atoms. The lowest BCUT2D eigenvalue weighted by molar-refractivity contribution is 0.443. The standard InChI is InChI=1S/C11H14N4/c12-7-4-5-9-10(6-7)15-11(14-9)13-8-2-1-3-8/h4-6,8H,1-3,12H2,(H2,13,14,15). The summed E-state index contributed by atoms with van der Waals surface area (Å²) in [5.41, 5.74) is 8.43. The molecule has 0 aliphatic heterocycles. The van der Waals surface area contributed by atoms with Crippen LogP contribution in [-0.4, -0.2) is 16.0 Å². The number of fused-ring (bicyclic) bond motifs is 1. The molecule has 1 aromatic carbocycles. The van der Waals surface area contributed by atoms with E-state index in [1.165, 1.54) is 19.3 Å². The fourth-order valence-electron chi connectivity index (χ4n) is 1.84. The minimum atomic E-state index is 0.600. The molecule has 0 radical (unpaired) electrons. The number of nitrogens with two attached hydrogens (primary N) is 1. The number of nitrogens with one attached hydrogen (secondary N) is 2. The van der Waals surface area contributed by atoms with Crippen LogP contribution >= 0.6 is 0 Å². The Kier molecular flexibility index (Phi) is 1.80. The summed E-state index contributed by atoms with van der Waals surface area (Å²) >= 11 is 0. The van der Waals surface area contributed by atoms with Gasteiger partial charge < -0.3 is 16.0 Å². The molecule has 0 unspecified atom stereocenters. The van der Waals surface area contributed by atoms with Crippen molar-refractivity contribution >= 4 is 22.7 Å². The maximum Gasteiger partial charge on any atom is 0.201 e. The van der Waals surface area contributed by atoms with Crippen LogP contribution < -0.4 is 11.1 Å². The molecule has 1 fully saturated rings. The van der Waals surface area contributed by atoms with E-state index in [2.05, 4.69) is 15.3 Å². The molecule has 1 aromatic heterocycles. The van der Waals surface area contributed by atoms with Crippen LogP contribution in [0.4, 0.5) is 11.6 Å². The Bertz CT molecular complexity index is 484. The van der Waals surface area contributed by atoms with Crippen LogP contribution in [0.2, 0.25) is 0 Å². The van der Waals surface area contributed by atoms with Gasteiger partial charge in [-0.15, -0.1) is 0 Å². The van der Waals surface area contributed by atoms with E-state index >= 15 is 0 Å². The Hall–Kier alpha value is -1.71. The van der Waals surface area contributed by atoms with Gasteiger partial charge in [-0.25, -0.2) is 4.98 Å². The number of hydrogen-bond donors (Lipinski definition) is 3. The summed E-state index contributed by atoms with van der Waals surface area (Å²) in [5, 5.41) is 3.38. The number of nitrogens with zero attached hydrogens (tertiary/aromatic N) is 1. The molecule has 1 aliphatic carbocycles. The average molecular weight is 202 g/mol. The summed E-state index contributed by atoms with van der Waals surface area (Å²) in [7, 11) is 0. The first-order valence-electron chi connectivity index (χ1n) is 5.33. The predicted molar refractivity (Wildman–Crippen MR) is 61.8 cm³/mol. The van der Waals surface area contributed by atoms with Gasteiger partial charge in [0.1, 0.15) is 0 Å². The molecule has 0 amide bonds. The summed E-state index contributed by atoms with van der Waals surface area (Å²) in [4.78, 5) is 7.69. The van der Waals surface area contributed by atoms with E-state index < -0.39 is 0 Å². The topological polar surface area (TPSA) is 66.7 Å². The van der Waals surface area contributed by atoms with Crippen molar-refractivity contribution in [2.24, 2.45) is 0 Å². The number of benzene rings is 1. The first kappa shape index (κ1) is 8.59. The second kappa shape index (κ2) is 3.15. The summed E-state index contributed by atoms with van der Waals surface area (Å²) in [6.07, 6.45) is 3.82. The molecule has 0 saturated heterocycles. The second-order valence-corrected chi connectivity index (χ2v) is 4.13. The van der Waals surface area contributed by atoms with Gasteiger partial charge in [0.05, 0.1) is 11.0 Å². The third-order valence-corrected chi connectivity index (χ3v) is 2.95. The number of aromatic amines is 1. The minimum Gasteiger partial charge on any atom is -0.399 e. The molecular formula is C11H14N4. The quantitative estimate of drug-likeness (QED) is 0.653. The van der Waals surface area contributed by atoms with E-state index in [0.29, 0.717) is 6.04 Å². The van der Waals surface area contributed by atoms with Crippen LogP contribution in [0, 0.1) is 0 Å². The van der Waals surface area contributed by atoms with E-state index in [4.69, 9.17) is 5.73 Å². The Labute approximate surface area is 87.9 Å². The average Bonchev–Trinajstić information content (AvgIpc) is 2.53. The zero-order chi connectivity index (χ0) is 10.3. The molecule has 15 heavy (non-hydrogen) atoms. The molecule has 1 saturated carbocycles. The lowest BCUT2D eigenvalue weighted by atomic mass is 9.93. The van der Waals surface area contributed by atoms with Crippen molar-refractivity contribution in [2.75, 3.05) is 11.1 Å². The van der Waals surface area contributed by atoms with Crippen LogP contribution in [0.1, 0.15) is 19.3 Å². The first-order chi connectivity index (χ1) is 7.31. The van der Waals surface area contributed by atoms with Gasteiger partial charge in [-0.05, 0) is 37.5 Å². The lowest BCUT2D eigenvalue weighted by Gasteiger charge is -2.25. The number of hydrogen-bond acceptors (Lipinski definition) is 3. The van der Waals surface area contributed by atoms with E-state index in [1.807, 2.05) is 18.2 Å². The van der Waals surface area contributed by atoms with Crippen molar-refractivity contribution in [3.63, 3.8) is 0 Å². The van der Waals surface area contributed by atoms with Gasteiger partial charge in [-0.1, -0.05) is 0 Å². The van der Waals surface area contributed by atoms with E-state index in [1.54, 1.807) is 0 Å². The minimum absolute atomic E-state index is 0.600. The maximum atomic E-state index is 5.70. The second-order valence-electron chi connectivity index (χ2n) is 4.13. The molecular weight excluding hydrogens is 188 g/mol. The Balaban J connectivity index is 1.91. The van der Waals surface area contributed by atoms with E-state index in [9.17, 15) is 0 Å². The van der Waals surface area contributed by atoms with Gasteiger partial charge in [-0.3, -0.25) is 0 Å². The van der Waals surface area contributed by atoms with E-state index in [-0.39, 0.29) is 0 Å². The normalized spacial score (nSPS) is 16.5. The van der Waals surface area contributed by atoms with Gasteiger partial charge in [0, 0.05) is 11.7 Å². The summed E-state index contributed by atoms with van der Waals surface area (Å²) < 4.78 is 0. The molecule has 3 rings (SSSR count). The Morgan fingerprint density at radius 2 is 2.27 bits per heavy atom. The zero-order valence-corrected chi connectivity index (χ0v) is 8.46. The lowest BCUT2D eigenvalue weighted by Crippen LogP contribution is -2.27.